The summed E-state index contributed by atoms with van der Waals surface area (Å²) >= 11 is 1.69. The molecule has 0 fully saturated rings. The van der Waals surface area contributed by atoms with Gasteiger partial charge in [-0.15, -0.1) is 11.3 Å². The highest BCUT2D eigenvalue weighted by atomic mass is 32.1. The summed E-state index contributed by atoms with van der Waals surface area (Å²) in [6, 6.07) is 4.03. The van der Waals surface area contributed by atoms with Gasteiger partial charge in [0.2, 0.25) is 0 Å². The minimum Gasteiger partial charge on any atom is -0.392 e. The second kappa shape index (κ2) is 3.94. The molecule has 1 unspecified atom stereocenters. The van der Waals surface area contributed by atoms with Crippen LogP contribution in [0.5, 0.6) is 0 Å². The van der Waals surface area contributed by atoms with E-state index < -0.39 is 0 Å². The molecule has 2 aromatic heterocycles. The number of hydrogen-bond acceptors (Lipinski definition) is 4. The first kappa shape index (κ1) is 9.43. The molecular formula is C10H12N2OS. The van der Waals surface area contributed by atoms with Gasteiger partial charge < -0.3 is 10.4 Å². The van der Waals surface area contributed by atoms with E-state index >= 15 is 0 Å². The van der Waals surface area contributed by atoms with Crippen LogP contribution in [0.3, 0.4) is 0 Å². The smallest absolute Gasteiger partial charge is 0.134 e. The molecule has 74 valence electrons. The van der Waals surface area contributed by atoms with Crippen LogP contribution >= 0.6 is 11.3 Å². The molecule has 0 saturated heterocycles. The highest BCUT2D eigenvalue weighted by molar-refractivity contribution is 7.17. The van der Waals surface area contributed by atoms with Crippen molar-refractivity contribution in [3.63, 3.8) is 0 Å². The third kappa shape index (κ3) is 1.86. The maximum Gasteiger partial charge on any atom is 0.134 e. The van der Waals surface area contributed by atoms with Crippen LogP contribution in [-0.2, 0) is 0 Å². The van der Waals surface area contributed by atoms with E-state index in [1.165, 1.54) is 4.70 Å². The van der Waals surface area contributed by atoms with Crippen molar-refractivity contribution >= 4 is 27.2 Å². The van der Waals surface area contributed by atoms with E-state index in [9.17, 15) is 0 Å². The summed E-state index contributed by atoms with van der Waals surface area (Å²) in [6.07, 6.45) is 1.43. The Morgan fingerprint density at radius 1 is 1.57 bits per heavy atom. The van der Waals surface area contributed by atoms with Crippen molar-refractivity contribution in [1.82, 2.24) is 4.98 Å². The van der Waals surface area contributed by atoms with Gasteiger partial charge in [-0.25, -0.2) is 4.98 Å². The minimum atomic E-state index is -0.356. The van der Waals surface area contributed by atoms with Crippen molar-refractivity contribution in [2.45, 2.75) is 13.0 Å². The number of nitrogens with one attached hydrogen (secondary N) is 1. The second-order valence-corrected chi connectivity index (χ2v) is 4.17. The minimum absolute atomic E-state index is 0.356. The normalized spacial score (nSPS) is 13.0. The molecule has 0 aromatic carbocycles. The third-order valence-electron chi connectivity index (χ3n) is 1.94. The highest BCUT2D eigenvalue weighted by Crippen LogP contribution is 2.25. The SMILES string of the molecule is CC(O)CNc1nccc2sccc12. The van der Waals surface area contributed by atoms with Gasteiger partial charge in [0.15, 0.2) is 0 Å². The Kier molecular flexibility index (Phi) is 2.65. The van der Waals surface area contributed by atoms with Crippen molar-refractivity contribution in [1.29, 1.82) is 0 Å². The lowest BCUT2D eigenvalue weighted by atomic mass is 10.3. The predicted molar refractivity (Wildman–Crippen MR) is 59.8 cm³/mol. The number of hydrogen-bond donors (Lipinski definition) is 2. The molecule has 0 aliphatic heterocycles. The summed E-state index contributed by atoms with van der Waals surface area (Å²) in [6.45, 7) is 2.28. The van der Waals surface area contributed by atoms with Gasteiger partial charge in [-0.3, -0.25) is 0 Å². The molecule has 2 aromatic rings. The van der Waals surface area contributed by atoms with E-state index in [1.807, 2.05) is 17.5 Å². The average Bonchev–Trinajstić information content (AvgIpc) is 2.62. The van der Waals surface area contributed by atoms with Crippen LogP contribution in [0.15, 0.2) is 23.7 Å². The Morgan fingerprint density at radius 2 is 2.43 bits per heavy atom. The van der Waals surface area contributed by atoms with Gasteiger partial charge in [-0.05, 0) is 24.4 Å². The molecule has 2 heterocycles. The van der Waals surface area contributed by atoms with Crippen molar-refractivity contribution in [3.05, 3.63) is 23.7 Å². The molecule has 14 heavy (non-hydrogen) atoms. The molecule has 0 saturated carbocycles. The quantitative estimate of drug-likeness (QED) is 0.811. The number of anilines is 1. The van der Waals surface area contributed by atoms with Gasteiger partial charge in [-0.2, -0.15) is 0 Å². The van der Waals surface area contributed by atoms with E-state index in [0.29, 0.717) is 6.54 Å². The van der Waals surface area contributed by atoms with E-state index in [-0.39, 0.29) is 6.10 Å². The first-order chi connectivity index (χ1) is 6.77. The predicted octanol–water partition coefficient (Wildman–Crippen LogP) is 2.09. The summed E-state index contributed by atoms with van der Waals surface area (Å²) in [4.78, 5) is 4.24. The maximum absolute atomic E-state index is 9.15. The molecule has 0 aliphatic carbocycles. The fraction of sp³-hybridized carbons (Fsp3) is 0.300. The molecular weight excluding hydrogens is 196 g/mol. The van der Waals surface area contributed by atoms with Gasteiger partial charge in [0.25, 0.3) is 0 Å². The van der Waals surface area contributed by atoms with Crippen molar-refractivity contribution in [2.75, 3.05) is 11.9 Å². The zero-order valence-corrected chi connectivity index (χ0v) is 8.71. The van der Waals surface area contributed by atoms with Crippen LogP contribution in [0.1, 0.15) is 6.92 Å². The van der Waals surface area contributed by atoms with Crippen LogP contribution in [-0.4, -0.2) is 22.7 Å². The summed E-state index contributed by atoms with van der Waals surface area (Å²) in [5, 5.41) is 15.4. The van der Waals surface area contributed by atoms with Crippen LogP contribution in [0.25, 0.3) is 10.1 Å². The molecule has 4 heteroatoms. The number of nitrogens with zero attached hydrogens (tertiary/aromatic N) is 1. The van der Waals surface area contributed by atoms with Crippen LogP contribution in [0.4, 0.5) is 5.82 Å². The summed E-state index contributed by atoms with van der Waals surface area (Å²) in [7, 11) is 0. The van der Waals surface area contributed by atoms with E-state index in [2.05, 4.69) is 10.3 Å². The second-order valence-electron chi connectivity index (χ2n) is 3.22. The molecule has 3 nitrogen and oxygen atoms in total. The molecule has 2 N–H and O–H groups in total. The summed E-state index contributed by atoms with van der Waals surface area (Å²) in [5.74, 6) is 0.852. The number of thiophene rings is 1. The van der Waals surface area contributed by atoms with Gasteiger partial charge in [0, 0.05) is 22.8 Å². The fourth-order valence-electron chi connectivity index (χ4n) is 1.28. The Labute approximate surface area is 86.4 Å². The molecule has 0 bridgehead atoms. The first-order valence-corrected chi connectivity index (χ1v) is 5.39. The Bertz CT molecular complexity index is 425. The van der Waals surface area contributed by atoms with Gasteiger partial charge in [-0.1, -0.05) is 0 Å². The number of rotatable bonds is 3. The largest absolute Gasteiger partial charge is 0.392 e. The van der Waals surface area contributed by atoms with E-state index in [1.54, 1.807) is 24.5 Å². The number of aliphatic hydroxyl groups is 1. The average molecular weight is 208 g/mol. The fourth-order valence-corrected chi connectivity index (χ4v) is 2.06. The number of aromatic nitrogens is 1. The Balaban J connectivity index is 2.27. The van der Waals surface area contributed by atoms with Gasteiger partial charge in [0.05, 0.1) is 6.10 Å². The lowest BCUT2D eigenvalue weighted by Crippen LogP contribution is -2.15. The highest BCUT2D eigenvalue weighted by Gasteiger charge is 2.03. The Hall–Kier alpha value is -1.13. The molecule has 0 spiro atoms. The molecule has 0 radical (unpaired) electrons. The summed E-state index contributed by atoms with van der Waals surface area (Å²) in [5.41, 5.74) is 0. The molecule has 1 atom stereocenters. The lowest BCUT2D eigenvalue weighted by Gasteiger charge is -2.07. The first-order valence-electron chi connectivity index (χ1n) is 4.51. The molecule has 0 amide bonds. The molecule has 0 aliphatic rings. The number of fused-ring (bicyclic) bond motifs is 1. The zero-order chi connectivity index (χ0) is 9.97. The van der Waals surface area contributed by atoms with Crippen LogP contribution < -0.4 is 5.32 Å². The van der Waals surface area contributed by atoms with Crippen LogP contribution in [0.2, 0.25) is 0 Å². The molecule has 2 rings (SSSR count). The lowest BCUT2D eigenvalue weighted by molar-refractivity contribution is 0.208. The van der Waals surface area contributed by atoms with Crippen molar-refractivity contribution < 1.29 is 5.11 Å². The van der Waals surface area contributed by atoms with Crippen molar-refractivity contribution in [2.24, 2.45) is 0 Å². The van der Waals surface area contributed by atoms with Crippen molar-refractivity contribution in [3.8, 4) is 0 Å². The van der Waals surface area contributed by atoms with E-state index in [4.69, 9.17) is 5.11 Å². The summed E-state index contributed by atoms with van der Waals surface area (Å²) < 4.78 is 1.22. The van der Waals surface area contributed by atoms with Crippen LogP contribution in [0, 0.1) is 0 Å². The third-order valence-corrected chi connectivity index (χ3v) is 2.83. The number of pyridine rings is 1. The van der Waals surface area contributed by atoms with Gasteiger partial charge in [0.1, 0.15) is 5.82 Å². The zero-order valence-electron chi connectivity index (χ0n) is 7.90. The maximum atomic E-state index is 9.15. The van der Waals surface area contributed by atoms with Gasteiger partial charge >= 0.3 is 0 Å². The Morgan fingerprint density at radius 3 is 3.21 bits per heavy atom. The number of aliphatic hydroxyl groups excluding tert-OH is 1. The van der Waals surface area contributed by atoms with E-state index in [0.717, 1.165) is 11.2 Å². The topological polar surface area (TPSA) is 45.1 Å². The standard InChI is InChI=1S/C10H12N2OS/c1-7(13)6-12-10-8-3-5-14-9(8)2-4-11-10/h2-5,7,13H,6H2,1H3,(H,11,12). The monoisotopic (exact) mass is 208 g/mol.